The van der Waals surface area contributed by atoms with Crippen molar-refractivity contribution < 1.29 is 33.8 Å². The standard InChI is InChI=1S/C31H55NO7.8CH4/c1-6-8-9-10-11-12-13-14-15-16-20-39-29(36)25(23-31(4,7-2)30(37)38-5)22-26(21-24(3)28(34)35)32-19-17-18-27(32)33;;;;;;;;/h24-26H,6-23H2,1-5H3,(H,34,35);8*1H4. The maximum atomic E-state index is 13.4. The molecule has 0 aliphatic carbocycles. The molecule has 4 unspecified atom stereocenters. The van der Waals surface area contributed by atoms with Crippen molar-refractivity contribution in [1.29, 1.82) is 0 Å². The molecular formula is C39H87NO7. The van der Waals surface area contributed by atoms with Gasteiger partial charge < -0.3 is 19.5 Å². The maximum Gasteiger partial charge on any atom is 0.311 e. The number of ether oxygens (including phenoxy) is 2. The average Bonchev–Trinajstić information content (AvgIpc) is 3.35. The van der Waals surface area contributed by atoms with Crippen LogP contribution in [0.5, 0.6) is 0 Å². The number of methoxy groups -OCH3 is 1. The Balaban J connectivity index is -0.000000317. The molecule has 0 aromatic rings. The predicted molar refractivity (Wildman–Crippen MR) is 206 cm³/mol. The minimum absolute atomic E-state index is 0. The highest BCUT2D eigenvalue weighted by molar-refractivity contribution is 5.80. The van der Waals surface area contributed by atoms with Crippen LogP contribution < -0.4 is 0 Å². The van der Waals surface area contributed by atoms with Crippen molar-refractivity contribution in [2.75, 3.05) is 20.3 Å². The normalized spacial score (nSPS) is 14.4. The van der Waals surface area contributed by atoms with E-state index in [0.29, 0.717) is 26.0 Å². The molecule has 0 radical (unpaired) electrons. The number of amides is 1. The summed E-state index contributed by atoms with van der Waals surface area (Å²) in [5, 5.41) is 9.52. The fraction of sp³-hybridized carbons (Fsp3) is 0.897. The lowest BCUT2D eigenvalue weighted by atomic mass is 9.76. The first-order chi connectivity index (χ1) is 18.6. The lowest BCUT2D eigenvalue weighted by molar-refractivity contribution is -0.158. The number of unbranched alkanes of at least 4 members (excludes halogenated alkanes) is 9. The van der Waals surface area contributed by atoms with Gasteiger partial charge in [0.25, 0.3) is 0 Å². The van der Waals surface area contributed by atoms with E-state index in [0.717, 1.165) is 25.7 Å². The van der Waals surface area contributed by atoms with E-state index >= 15 is 0 Å². The van der Waals surface area contributed by atoms with E-state index in [2.05, 4.69) is 6.92 Å². The summed E-state index contributed by atoms with van der Waals surface area (Å²) < 4.78 is 10.8. The number of hydrogen-bond acceptors (Lipinski definition) is 6. The summed E-state index contributed by atoms with van der Waals surface area (Å²) in [5.74, 6) is -3.01. The smallest absolute Gasteiger partial charge is 0.311 e. The summed E-state index contributed by atoms with van der Waals surface area (Å²) in [4.78, 5) is 51.9. The lowest BCUT2D eigenvalue weighted by Gasteiger charge is -2.34. The van der Waals surface area contributed by atoms with Crippen molar-refractivity contribution in [2.45, 2.75) is 196 Å². The van der Waals surface area contributed by atoms with E-state index < -0.39 is 29.3 Å². The fourth-order valence-corrected chi connectivity index (χ4v) is 5.55. The molecule has 1 saturated heterocycles. The minimum atomic E-state index is -0.931. The van der Waals surface area contributed by atoms with Crippen LogP contribution in [0, 0.1) is 17.3 Å². The third-order valence-electron chi connectivity index (χ3n) is 8.39. The van der Waals surface area contributed by atoms with Crippen molar-refractivity contribution in [2.24, 2.45) is 17.3 Å². The first kappa shape index (κ1) is 63.5. The first-order valence-electron chi connectivity index (χ1n) is 15.4. The highest BCUT2D eigenvalue weighted by Crippen LogP contribution is 2.36. The van der Waals surface area contributed by atoms with Gasteiger partial charge in [-0.05, 0) is 45.4 Å². The van der Waals surface area contributed by atoms with Gasteiger partial charge in [-0.2, -0.15) is 0 Å². The van der Waals surface area contributed by atoms with E-state index in [4.69, 9.17) is 9.47 Å². The van der Waals surface area contributed by atoms with Crippen LogP contribution in [0.2, 0.25) is 0 Å². The molecule has 1 aliphatic rings. The van der Waals surface area contributed by atoms with Crippen LogP contribution in [-0.4, -0.2) is 60.1 Å². The van der Waals surface area contributed by atoms with Crippen LogP contribution in [0.3, 0.4) is 0 Å². The Labute approximate surface area is 295 Å². The Morgan fingerprint density at radius 1 is 0.830 bits per heavy atom. The van der Waals surface area contributed by atoms with E-state index in [1.165, 1.54) is 52.1 Å². The van der Waals surface area contributed by atoms with Crippen molar-refractivity contribution in [3.63, 3.8) is 0 Å². The van der Waals surface area contributed by atoms with Crippen molar-refractivity contribution >= 4 is 23.8 Å². The topological polar surface area (TPSA) is 110 Å². The maximum absolute atomic E-state index is 13.4. The van der Waals surface area contributed by atoms with Gasteiger partial charge in [0.15, 0.2) is 0 Å². The summed E-state index contributed by atoms with van der Waals surface area (Å²) >= 11 is 0. The molecule has 1 N–H and O–H groups in total. The van der Waals surface area contributed by atoms with E-state index in [-0.39, 0.29) is 96.5 Å². The van der Waals surface area contributed by atoms with Gasteiger partial charge in [0, 0.05) is 19.0 Å². The Kier molecular flexibility index (Phi) is 47.6. The van der Waals surface area contributed by atoms with Crippen molar-refractivity contribution in [1.82, 2.24) is 4.90 Å². The quantitative estimate of drug-likeness (QED) is 0.0894. The van der Waals surface area contributed by atoms with Gasteiger partial charge in [-0.1, -0.05) is 138 Å². The molecule has 1 fully saturated rings. The summed E-state index contributed by atoms with van der Waals surface area (Å²) in [6.45, 7) is 8.40. The number of carboxylic acid groups (broad SMARTS) is 1. The second kappa shape index (κ2) is 35.2. The molecule has 4 atom stereocenters. The molecule has 8 heteroatoms. The Morgan fingerprint density at radius 2 is 1.32 bits per heavy atom. The van der Waals surface area contributed by atoms with Gasteiger partial charge in [0.1, 0.15) is 0 Å². The predicted octanol–water partition coefficient (Wildman–Crippen LogP) is 11.6. The Hall–Kier alpha value is -2.12. The highest BCUT2D eigenvalue weighted by atomic mass is 16.5. The number of nitrogens with zero attached hydrogens (tertiary/aromatic N) is 1. The third-order valence-corrected chi connectivity index (χ3v) is 8.39. The summed E-state index contributed by atoms with van der Waals surface area (Å²) in [5.41, 5.74) is -0.881. The number of carboxylic acids is 1. The number of rotatable bonds is 22. The fourth-order valence-electron chi connectivity index (χ4n) is 5.55. The van der Waals surface area contributed by atoms with Gasteiger partial charge >= 0.3 is 17.9 Å². The molecule has 290 valence electrons. The summed E-state index contributed by atoms with van der Waals surface area (Å²) in [6, 6.07) is -0.403. The molecule has 1 amide bonds. The SMILES string of the molecule is C.C.C.C.C.C.C.C.CCCCCCCCCCCCOC(=O)C(CC(CC(C)C(=O)O)N1CCCC1=O)CC(C)(CC)C(=O)OC. The van der Waals surface area contributed by atoms with Gasteiger partial charge in [0.05, 0.1) is 31.0 Å². The molecular weight excluding hydrogens is 594 g/mol. The highest BCUT2D eigenvalue weighted by Gasteiger charge is 2.41. The summed E-state index contributed by atoms with van der Waals surface area (Å²) in [7, 11) is 1.34. The van der Waals surface area contributed by atoms with Crippen LogP contribution >= 0.6 is 0 Å². The van der Waals surface area contributed by atoms with Crippen LogP contribution in [0.1, 0.15) is 190 Å². The second-order valence-corrected chi connectivity index (χ2v) is 11.7. The van der Waals surface area contributed by atoms with Gasteiger partial charge in [-0.3, -0.25) is 19.2 Å². The molecule has 0 saturated carbocycles. The van der Waals surface area contributed by atoms with Crippen LogP contribution in [0.4, 0.5) is 0 Å². The van der Waals surface area contributed by atoms with Gasteiger partial charge in [0.2, 0.25) is 5.91 Å². The van der Waals surface area contributed by atoms with Gasteiger partial charge in [-0.25, -0.2) is 0 Å². The molecule has 1 heterocycles. The van der Waals surface area contributed by atoms with Crippen molar-refractivity contribution in [3.05, 3.63) is 0 Å². The number of carbonyl (C=O) groups is 4. The molecule has 0 bridgehead atoms. The molecule has 0 aromatic carbocycles. The molecule has 1 rings (SSSR count). The molecule has 8 nitrogen and oxygen atoms in total. The van der Waals surface area contributed by atoms with E-state index in [1.807, 2.05) is 6.92 Å². The van der Waals surface area contributed by atoms with E-state index in [1.54, 1.807) is 18.7 Å². The first-order valence-corrected chi connectivity index (χ1v) is 15.4. The molecule has 0 aromatic heterocycles. The lowest BCUT2D eigenvalue weighted by Crippen LogP contribution is -2.42. The average molecular weight is 682 g/mol. The van der Waals surface area contributed by atoms with Gasteiger partial charge in [-0.15, -0.1) is 0 Å². The zero-order valence-electron chi connectivity index (χ0n) is 25.3. The second-order valence-electron chi connectivity index (χ2n) is 11.7. The van der Waals surface area contributed by atoms with Crippen LogP contribution in [-0.2, 0) is 28.7 Å². The Morgan fingerprint density at radius 3 is 1.72 bits per heavy atom. The number of esters is 2. The Bertz CT molecular complexity index is 758. The molecule has 0 spiro atoms. The number of carbonyl (C=O) groups excluding carboxylic acids is 3. The minimum Gasteiger partial charge on any atom is -0.481 e. The van der Waals surface area contributed by atoms with Crippen LogP contribution in [0.25, 0.3) is 0 Å². The molecule has 47 heavy (non-hydrogen) atoms. The number of hydrogen-bond donors (Lipinski definition) is 1. The number of aliphatic carboxylic acids is 1. The van der Waals surface area contributed by atoms with Crippen molar-refractivity contribution in [3.8, 4) is 0 Å². The summed E-state index contributed by atoms with van der Waals surface area (Å²) in [6.07, 6.45) is 14.3. The van der Waals surface area contributed by atoms with E-state index in [9.17, 15) is 24.3 Å². The number of likely N-dealkylation sites (tertiary alicyclic amines) is 1. The zero-order chi connectivity index (χ0) is 29.3. The third kappa shape index (κ3) is 23.8. The zero-order valence-corrected chi connectivity index (χ0v) is 25.3. The largest absolute Gasteiger partial charge is 0.481 e. The van der Waals surface area contributed by atoms with Crippen LogP contribution in [0.15, 0.2) is 0 Å². The molecule has 1 aliphatic heterocycles. The monoisotopic (exact) mass is 682 g/mol.